The standard InChI is InChI=1S/C13H15NO7/c1-18-12(17)13(19-2,20-3)10(8(7-14)11(15)16)9-5-4-6-21-9/h4-6,8,10H,1-3H3,(H,15,16)/t8-,10+/m1/s1. The van der Waals surface area contributed by atoms with Crippen LogP contribution in [0.5, 0.6) is 0 Å². The number of ether oxygens (including phenoxy) is 3. The van der Waals surface area contributed by atoms with Crippen LogP contribution in [0.4, 0.5) is 0 Å². The summed E-state index contributed by atoms with van der Waals surface area (Å²) in [4.78, 5) is 23.4. The van der Waals surface area contributed by atoms with Gasteiger partial charge in [0.05, 0.1) is 19.4 Å². The average molecular weight is 297 g/mol. The zero-order valence-corrected chi connectivity index (χ0v) is 11.7. The highest BCUT2D eigenvalue weighted by Crippen LogP contribution is 2.39. The second-order valence-corrected chi connectivity index (χ2v) is 4.01. The van der Waals surface area contributed by atoms with E-state index in [1.54, 1.807) is 6.07 Å². The van der Waals surface area contributed by atoms with Crippen LogP contribution in [0, 0.1) is 17.2 Å². The minimum atomic E-state index is -2.12. The molecule has 0 radical (unpaired) electrons. The molecule has 0 fully saturated rings. The topological polar surface area (TPSA) is 119 Å². The number of hydrogen-bond donors (Lipinski definition) is 1. The second-order valence-electron chi connectivity index (χ2n) is 4.01. The highest BCUT2D eigenvalue weighted by molar-refractivity contribution is 5.82. The molecule has 0 bridgehead atoms. The van der Waals surface area contributed by atoms with E-state index in [4.69, 9.17) is 19.2 Å². The molecule has 21 heavy (non-hydrogen) atoms. The first-order valence-corrected chi connectivity index (χ1v) is 5.83. The number of carboxylic acids is 1. The lowest BCUT2D eigenvalue weighted by Gasteiger charge is -2.35. The fourth-order valence-electron chi connectivity index (χ4n) is 2.08. The van der Waals surface area contributed by atoms with Crippen molar-refractivity contribution < 1.29 is 33.3 Å². The molecule has 0 aliphatic rings. The molecule has 1 heterocycles. The monoisotopic (exact) mass is 297 g/mol. The fraction of sp³-hybridized carbons (Fsp3) is 0.462. The minimum Gasteiger partial charge on any atom is -0.480 e. The Labute approximate surface area is 120 Å². The Bertz CT molecular complexity index is 527. The van der Waals surface area contributed by atoms with E-state index in [2.05, 4.69) is 4.74 Å². The van der Waals surface area contributed by atoms with Crippen LogP contribution in [-0.4, -0.2) is 44.2 Å². The van der Waals surface area contributed by atoms with Gasteiger partial charge >= 0.3 is 11.9 Å². The van der Waals surface area contributed by atoms with Crippen molar-refractivity contribution in [3.8, 4) is 6.07 Å². The summed E-state index contributed by atoms with van der Waals surface area (Å²) < 4.78 is 19.9. The van der Waals surface area contributed by atoms with Crippen molar-refractivity contribution in [3.05, 3.63) is 24.2 Å². The lowest BCUT2D eigenvalue weighted by molar-refractivity contribution is -0.242. The van der Waals surface area contributed by atoms with Crippen LogP contribution >= 0.6 is 0 Å². The van der Waals surface area contributed by atoms with Crippen LogP contribution in [0.15, 0.2) is 22.8 Å². The number of hydrogen-bond acceptors (Lipinski definition) is 7. The molecule has 0 aliphatic carbocycles. The Kier molecular flexibility index (Phi) is 5.46. The summed E-state index contributed by atoms with van der Waals surface area (Å²) >= 11 is 0. The third kappa shape index (κ3) is 2.89. The maximum Gasteiger partial charge on any atom is 0.367 e. The lowest BCUT2D eigenvalue weighted by atomic mass is 9.83. The maximum absolute atomic E-state index is 12.1. The molecule has 0 saturated heterocycles. The van der Waals surface area contributed by atoms with Gasteiger partial charge in [-0.1, -0.05) is 0 Å². The van der Waals surface area contributed by atoms with Gasteiger partial charge in [0.25, 0.3) is 5.79 Å². The van der Waals surface area contributed by atoms with Crippen LogP contribution in [0.3, 0.4) is 0 Å². The number of methoxy groups -OCH3 is 3. The average Bonchev–Trinajstić information content (AvgIpc) is 3.00. The number of furan rings is 1. The predicted molar refractivity (Wildman–Crippen MR) is 67.0 cm³/mol. The van der Waals surface area contributed by atoms with Crippen LogP contribution in [0.1, 0.15) is 11.7 Å². The molecule has 114 valence electrons. The molecule has 8 nitrogen and oxygen atoms in total. The number of esters is 1. The largest absolute Gasteiger partial charge is 0.480 e. The highest BCUT2D eigenvalue weighted by Gasteiger charge is 2.56. The van der Waals surface area contributed by atoms with Gasteiger partial charge in [0.2, 0.25) is 0 Å². The summed E-state index contributed by atoms with van der Waals surface area (Å²) in [5.41, 5.74) is 0. The van der Waals surface area contributed by atoms with E-state index in [0.29, 0.717) is 0 Å². The maximum atomic E-state index is 12.1. The van der Waals surface area contributed by atoms with Gasteiger partial charge in [-0.05, 0) is 12.1 Å². The van der Waals surface area contributed by atoms with Crippen LogP contribution in [0.2, 0.25) is 0 Å². The van der Waals surface area contributed by atoms with Crippen molar-refractivity contribution in [2.24, 2.45) is 5.92 Å². The van der Waals surface area contributed by atoms with E-state index in [0.717, 1.165) is 21.3 Å². The number of rotatable bonds is 7. The summed E-state index contributed by atoms with van der Waals surface area (Å²) in [5.74, 6) is -7.48. The number of carbonyl (C=O) groups excluding carboxylic acids is 1. The zero-order chi connectivity index (χ0) is 16.0. The number of nitrogens with zero attached hydrogens (tertiary/aromatic N) is 1. The van der Waals surface area contributed by atoms with Crippen molar-refractivity contribution in [3.63, 3.8) is 0 Å². The number of nitriles is 1. The number of carboxylic acid groups (broad SMARTS) is 1. The first kappa shape index (κ1) is 16.7. The van der Waals surface area contributed by atoms with Crippen molar-refractivity contribution in [1.82, 2.24) is 0 Å². The van der Waals surface area contributed by atoms with Crippen molar-refractivity contribution in [2.75, 3.05) is 21.3 Å². The second kappa shape index (κ2) is 6.88. The van der Waals surface area contributed by atoms with Gasteiger partial charge < -0.3 is 23.7 Å². The molecule has 1 N–H and O–H groups in total. The van der Waals surface area contributed by atoms with E-state index in [9.17, 15) is 14.7 Å². The van der Waals surface area contributed by atoms with Crippen molar-refractivity contribution in [2.45, 2.75) is 11.7 Å². The normalized spacial score (nSPS) is 14.0. The lowest BCUT2D eigenvalue weighted by Crippen LogP contribution is -2.52. The van der Waals surface area contributed by atoms with Gasteiger partial charge in [0, 0.05) is 14.2 Å². The van der Waals surface area contributed by atoms with E-state index < -0.39 is 29.6 Å². The molecule has 8 heteroatoms. The summed E-state index contributed by atoms with van der Waals surface area (Å²) in [6.07, 6.45) is 1.28. The van der Waals surface area contributed by atoms with Crippen molar-refractivity contribution >= 4 is 11.9 Å². The third-order valence-corrected chi connectivity index (χ3v) is 3.07. The summed E-state index contributed by atoms with van der Waals surface area (Å²) in [7, 11) is 3.38. The quantitative estimate of drug-likeness (QED) is 0.578. The highest BCUT2D eigenvalue weighted by atomic mass is 16.7. The fourth-order valence-corrected chi connectivity index (χ4v) is 2.08. The van der Waals surface area contributed by atoms with Crippen molar-refractivity contribution in [1.29, 1.82) is 5.26 Å². The minimum absolute atomic E-state index is 0.0538. The van der Waals surface area contributed by atoms with Gasteiger partial charge in [-0.15, -0.1) is 0 Å². The van der Waals surface area contributed by atoms with E-state index in [-0.39, 0.29) is 5.76 Å². The molecule has 1 aromatic rings. The molecule has 0 unspecified atom stereocenters. The number of carbonyl (C=O) groups is 2. The summed E-state index contributed by atoms with van der Waals surface area (Å²) in [6, 6.07) is 4.53. The Morgan fingerprint density at radius 3 is 2.33 bits per heavy atom. The molecule has 1 aromatic heterocycles. The molecule has 2 atom stereocenters. The van der Waals surface area contributed by atoms with Gasteiger partial charge in [-0.25, -0.2) is 4.79 Å². The Morgan fingerprint density at radius 2 is 2.00 bits per heavy atom. The van der Waals surface area contributed by atoms with Gasteiger partial charge in [-0.2, -0.15) is 5.26 Å². The Balaban J connectivity index is 3.51. The van der Waals surface area contributed by atoms with Crippen LogP contribution < -0.4 is 0 Å². The molecular weight excluding hydrogens is 282 g/mol. The summed E-state index contributed by atoms with van der Waals surface area (Å²) in [6.45, 7) is 0. The molecule has 0 aromatic carbocycles. The molecular formula is C13H15NO7. The molecule has 0 saturated carbocycles. The predicted octanol–water partition coefficient (Wildman–Crippen LogP) is 0.750. The Morgan fingerprint density at radius 1 is 1.38 bits per heavy atom. The first-order chi connectivity index (χ1) is 9.98. The van der Waals surface area contributed by atoms with Gasteiger partial charge in [-0.3, -0.25) is 4.79 Å². The zero-order valence-electron chi connectivity index (χ0n) is 11.7. The van der Waals surface area contributed by atoms with E-state index >= 15 is 0 Å². The van der Waals surface area contributed by atoms with Crippen LogP contribution in [0.25, 0.3) is 0 Å². The van der Waals surface area contributed by atoms with Gasteiger partial charge in [0.1, 0.15) is 11.7 Å². The molecule has 1 rings (SSSR count). The summed E-state index contributed by atoms with van der Waals surface area (Å²) in [5, 5.41) is 18.4. The SMILES string of the molecule is COC(=O)C(OC)(OC)[C@H](c1ccco1)[C@@H](C#N)C(=O)O. The van der Waals surface area contributed by atoms with E-state index in [1.165, 1.54) is 18.4 Å². The molecule has 0 aliphatic heterocycles. The van der Waals surface area contributed by atoms with Crippen LogP contribution in [-0.2, 0) is 23.8 Å². The Hall–Kier alpha value is -2.37. The third-order valence-electron chi connectivity index (χ3n) is 3.07. The number of aliphatic carboxylic acids is 1. The molecule has 0 amide bonds. The smallest absolute Gasteiger partial charge is 0.367 e. The first-order valence-electron chi connectivity index (χ1n) is 5.83. The van der Waals surface area contributed by atoms with E-state index in [1.807, 2.05) is 0 Å². The molecule has 0 spiro atoms. The van der Waals surface area contributed by atoms with Gasteiger partial charge in [0.15, 0.2) is 5.92 Å².